The molecular formula is C12H15ClN2O. The first-order chi connectivity index (χ1) is 7.47. The fourth-order valence-corrected chi connectivity index (χ4v) is 2.20. The van der Waals surface area contributed by atoms with Gasteiger partial charge < -0.3 is 10.2 Å². The van der Waals surface area contributed by atoms with Crippen molar-refractivity contribution in [3.63, 3.8) is 0 Å². The number of benzene rings is 1. The molecule has 1 aliphatic rings. The molecule has 0 aliphatic carbocycles. The van der Waals surface area contributed by atoms with E-state index in [9.17, 15) is 4.79 Å². The van der Waals surface area contributed by atoms with Gasteiger partial charge in [-0.15, -0.1) is 0 Å². The van der Waals surface area contributed by atoms with Crippen LogP contribution in [0.15, 0.2) is 18.2 Å². The lowest BCUT2D eigenvalue weighted by Gasteiger charge is -2.39. The maximum atomic E-state index is 12.2. The van der Waals surface area contributed by atoms with Gasteiger partial charge in [0.25, 0.3) is 5.91 Å². The average Bonchev–Trinajstić information content (AvgIpc) is 2.22. The molecule has 0 atom stereocenters. The van der Waals surface area contributed by atoms with Crippen molar-refractivity contribution in [1.29, 1.82) is 0 Å². The number of rotatable bonds is 1. The predicted molar refractivity (Wildman–Crippen MR) is 67.2 cm³/mol. The van der Waals surface area contributed by atoms with Crippen molar-refractivity contribution in [3.05, 3.63) is 23.2 Å². The van der Waals surface area contributed by atoms with Crippen LogP contribution in [-0.4, -0.2) is 18.0 Å². The Bertz CT molecular complexity index is 443. The van der Waals surface area contributed by atoms with E-state index in [4.69, 9.17) is 11.6 Å². The van der Waals surface area contributed by atoms with Crippen LogP contribution in [-0.2, 0) is 4.79 Å². The van der Waals surface area contributed by atoms with E-state index in [-0.39, 0.29) is 5.91 Å². The van der Waals surface area contributed by atoms with Crippen molar-refractivity contribution in [2.24, 2.45) is 0 Å². The quantitative estimate of drug-likeness (QED) is 0.816. The summed E-state index contributed by atoms with van der Waals surface area (Å²) in [7, 11) is 0. The summed E-state index contributed by atoms with van der Waals surface area (Å²) in [4.78, 5) is 13.9. The second-order valence-corrected chi connectivity index (χ2v) is 4.84. The zero-order chi connectivity index (χ0) is 11.9. The van der Waals surface area contributed by atoms with Crippen LogP contribution in [0.2, 0.25) is 5.02 Å². The summed E-state index contributed by atoms with van der Waals surface area (Å²) < 4.78 is 0. The van der Waals surface area contributed by atoms with Crippen molar-refractivity contribution in [1.82, 2.24) is 0 Å². The third-order valence-electron chi connectivity index (χ3n) is 2.82. The first-order valence-electron chi connectivity index (χ1n) is 5.36. The Balaban J connectivity index is 2.60. The standard InChI is InChI=1S/C12H15ClN2O/c1-4-15-9-7-5-6-8(13)10(9)14-12(2,3)11(15)16/h5-7,14H,4H2,1-3H3. The van der Waals surface area contributed by atoms with E-state index < -0.39 is 5.54 Å². The minimum absolute atomic E-state index is 0.0739. The van der Waals surface area contributed by atoms with Gasteiger partial charge in [0, 0.05) is 6.54 Å². The first kappa shape index (κ1) is 11.3. The third-order valence-corrected chi connectivity index (χ3v) is 3.13. The third kappa shape index (κ3) is 1.55. The zero-order valence-corrected chi connectivity index (χ0v) is 10.4. The summed E-state index contributed by atoms with van der Waals surface area (Å²) in [6, 6.07) is 5.59. The molecule has 1 aromatic rings. The summed E-state index contributed by atoms with van der Waals surface area (Å²) in [6.45, 7) is 6.34. The van der Waals surface area contributed by atoms with Crippen molar-refractivity contribution in [3.8, 4) is 0 Å². The van der Waals surface area contributed by atoms with Gasteiger partial charge in [-0.3, -0.25) is 4.79 Å². The minimum Gasteiger partial charge on any atom is -0.369 e. The highest BCUT2D eigenvalue weighted by Gasteiger charge is 2.38. The molecule has 1 heterocycles. The Hall–Kier alpha value is -1.22. The monoisotopic (exact) mass is 238 g/mol. The molecule has 3 nitrogen and oxygen atoms in total. The number of hydrogen-bond donors (Lipinski definition) is 1. The molecule has 0 radical (unpaired) electrons. The van der Waals surface area contributed by atoms with E-state index in [1.165, 1.54) is 0 Å². The fraction of sp³-hybridized carbons (Fsp3) is 0.417. The summed E-state index contributed by atoms with van der Waals surface area (Å²) >= 11 is 6.14. The van der Waals surface area contributed by atoms with Crippen LogP contribution in [0.4, 0.5) is 11.4 Å². The molecule has 86 valence electrons. The normalized spacial score (nSPS) is 18.0. The number of fused-ring (bicyclic) bond motifs is 1. The van der Waals surface area contributed by atoms with Gasteiger partial charge in [0.1, 0.15) is 5.54 Å². The highest BCUT2D eigenvalue weighted by atomic mass is 35.5. The molecule has 1 aliphatic heterocycles. The van der Waals surface area contributed by atoms with Crippen LogP contribution >= 0.6 is 11.6 Å². The Labute approximate surface area is 100 Å². The van der Waals surface area contributed by atoms with Gasteiger partial charge in [0.2, 0.25) is 0 Å². The number of carbonyl (C=O) groups is 1. The van der Waals surface area contributed by atoms with Gasteiger partial charge in [-0.1, -0.05) is 17.7 Å². The van der Waals surface area contributed by atoms with Crippen LogP contribution in [0.3, 0.4) is 0 Å². The summed E-state index contributed by atoms with van der Waals surface area (Å²) in [5.74, 6) is 0.0739. The van der Waals surface area contributed by atoms with E-state index in [0.29, 0.717) is 11.6 Å². The van der Waals surface area contributed by atoms with Gasteiger partial charge >= 0.3 is 0 Å². The Kier molecular flexibility index (Phi) is 2.58. The second-order valence-electron chi connectivity index (χ2n) is 4.43. The van der Waals surface area contributed by atoms with Crippen molar-refractivity contribution < 1.29 is 4.79 Å². The minimum atomic E-state index is -0.603. The number of halogens is 1. The maximum Gasteiger partial charge on any atom is 0.252 e. The molecule has 0 unspecified atom stereocenters. The Morgan fingerprint density at radius 1 is 1.44 bits per heavy atom. The van der Waals surface area contributed by atoms with Gasteiger partial charge in [-0.2, -0.15) is 0 Å². The fourth-order valence-electron chi connectivity index (χ4n) is 1.99. The number of nitrogens with one attached hydrogen (secondary N) is 1. The SMILES string of the molecule is CCN1C(=O)C(C)(C)Nc2c(Cl)cccc21. The average molecular weight is 239 g/mol. The number of carbonyl (C=O) groups excluding carboxylic acids is 1. The van der Waals surface area contributed by atoms with E-state index in [2.05, 4.69) is 5.32 Å². The first-order valence-corrected chi connectivity index (χ1v) is 5.74. The molecule has 1 aromatic carbocycles. The lowest BCUT2D eigenvalue weighted by atomic mass is 9.98. The van der Waals surface area contributed by atoms with E-state index >= 15 is 0 Å². The number of amides is 1. The molecule has 4 heteroatoms. The molecule has 16 heavy (non-hydrogen) atoms. The molecule has 0 spiro atoms. The number of anilines is 2. The van der Waals surface area contributed by atoms with Gasteiger partial charge in [-0.25, -0.2) is 0 Å². The van der Waals surface area contributed by atoms with E-state index in [1.807, 2.05) is 39.0 Å². The number of nitrogens with zero attached hydrogens (tertiary/aromatic N) is 1. The Morgan fingerprint density at radius 3 is 2.75 bits per heavy atom. The molecular weight excluding hydrogens is 224 g/mol. The lowest BCUT2D eigenvalue weighted by Crippen LogP contribution is -2.53. The maximum absolute atomic E-state index is 12.2. The number of hydrogen-bond acceptors (Lipinski definition) is 2. The van der Waals surface area contributed by atoms with Crippen LogP contribution in [0, 0.1) is 0 Å². The van der Waals surface area contributed by atoms with Crippen LogP contribution < -0.4 is 10.2 Å². The van der Waals surface area contributed by atoms with Crippen LogP contribution in [0.5, 0.6) is 0 Å². The Morgan fingerprint density at radius 2 is 2.12 bits per heavy atom. The molecule has 1 N–H and O–H groups in total. The zero-order valence-electron chi connectivity index (χ0n) is 9.67. The largest absolute Gasteiger partial charge is 0.369 e. The number of para-hydroxylation sites is 1. The van der Waals surface area contributed by atoms with Crippen LogP contribution in [0.25, 0.3) is 0 Å². The van der Waals surface area contributed by atoms with Gasteiger partial charge in [0.15, 0.2) is 0 Å². The molecule has 0 fully saturated rings. The highest BCUT2D eigenvalue weighted by Crippen LogP contribution is 2.39. The van der Waals surface area contributed by atoms with Crippen LogP contribution in [0.1, 0.15) is 20.8 Å². The molecule has 0 aromatic heterocycles. The highest BCUT2D eigenvalue weighted by molar-refractivity contribution is 6.34. The number of likely N-dealkylation sites (N-methyl/N-ethyl adjacent to an activating group) is 1. The lowest BCUT2D eigenvalue weighted by molar-refractivity contribution is -0.122. The second kappa shape index (κ2) is 3.67. The van der Waals surface area contributed by atoms with Gasteiger partial charge in [-0.05, 0) is 32.9 Å². The van der Waals surface area contributed by atoms with Crippen molar-refractivity contribution >= 4 is 28.9 Å². The molecule has 0 saturated heterocycles. The summed E-state index contributed by atoms with van der Waals surface area (Å²) in [6.07, 6.45) is 0. The van der Waals surface area contributed by atoms with Crippen molar-refractivity contribution in [2.45, 2.75) is 26.3 Å². The van der Waals surface area contributed by atoms with Gasteiger partial charge in [0.05, 0.1) is 16.4 Å². The molecule has 1 amide bonds. The predicted octanol–water partition coefficient (Wildman–Crippen LogP) is 2.90. The summed E-state index contributed by atoms with van der Waals surface area (Å²) in [5, 5.41) is 3.84. The van der Waals surface area contributed by atoms with E-state index in [0.717, 1.165) is 11.4 Å². The molecule has 2 rings (SSSR count). The smallest absolute Gasteiger partial charge is 0.252 e. The van der Waals surface area contributed by atoms with Crippen molar-refractivity contribution in [2.75, 3.05) is 16.8 Å². The van der Waals surface area contributed by atoms with E-state index in [1.54, 1.807) is 4.90 Å². The summed E-state index contributed by atoms with van der Waals surface area (Å²) in [5.41, 5.74) is 1.10. The topological polar surface area (TPSA) is 32.3 Å². The molecule has 0 saturated carbocycles. The molecule has 0 bridgehead atoms.